The van der Waals surface area contributed by atoms with Crippen LogP contribution < -0.4 is 15.1 Å². The summed E-state index contributed by atoms with van der Waals surface area (Å²) in [5.74, 6) is 0.987. The molecular formula is C23H29N5. The molecule has 0 radical (unpaired) electrons. The molecule has 146 valence electrons. The summed E-state index contributed by atoms with van der Waals surface area (Å²) in [6.07, 6.45) is 4.44. The quantitative estimate of drug-likeness (QED) is 0.506. The van der Waals surface area contributed by atoms with Crippen LogP contribution >= 0.6 is 0 Å². The van der Waals surface area contributed by atoms with Crippen LogP contribution in [0.3, 0.4) is 0 Å². The first-order valence-corrected chi connectivity index (χ1v) is 10.1. The van der Waals surface area contributed by atoms with Crippen LogP contribution in [0.1, 0.15) is 5.56 Å². The van der Waals surface area contributed by atoms with E-state index in [4.69, 9.17) is 0 Å². The minimum Gasteiger partial charge on any atom is -0.368 e. The van der Waals surface area contributed by atoms with Crippen molar-refractivity contribution in [1.29, 1.82) is 0 Å². The van der Waals surface area contributed by atoms with Crippen molar-refractivity contribution in [1.82, 2.24) is 10.2 Å². The minimum absolute atomic E-state index is 0.796. The molecule has 5 heteroatoms. The molecule has 5 nitrogen and oxygen atoms in total. The summed E-state index contributed by atoms with van der Waals surface area (Å²) in [6, 6.07) is 19.5. The molecule has 2 aliphatic rings. The normalized spacial score (nSPS) is 17.3. The highest BCUT2D eigenvalue weighted by molar-refractivity contribution is 5.80. The number of rotatable bonds is 4. The standard InChI is InChI=1S/C23H29N5/c1-24-23(28-17-15-27(16-18-28)21-7-3-2-4-8-21)25-19-20-9-11-22(12-10-20)26-13-5-6-14-26/h2-12H,13-19H2,1H3,(H,24,25). The van der Waals surface area contributed by atoms with E-state index < -0.39 is 0 Å². The van der Waals surface area contributed by atoms with Crippen molar-refractivity contribution in [2.24, 2.45) is 4.99 Å². The van der Waals surface area contributed by atoms with Gasteiger partial charge in [0, 0.05) is 64.2 Å². The predicted molar refractivity (Wildman–Crippen MR) is 118 cm³/mol. The van der Waals surface area contributed by atoms with Gasteiger partial charge in [0.05, 0.1) is 0 Å². The van der Waals surface area contributed by atoms with E-state index in [1.807, 2.05) is 7.05 Å². The van der Waals surface area contributed by atoms with Crippen molar-refractivity contribution < 1.29 is 0 Å². The molecule has 0 spiro atoms. The van der Waals surface area contributed by atoms with E-state index in [0.29, 0.717) is 0 Å². The largest absolute Gasteiger partial charge is 0.368 e. The van der Waals surface area contributed by atoms with Crippen molar-refractivity contribution in [2.45, 2.75) is 6.54 Å². The van der Waals surface area contributed by atoms with E-state index in [1.54, 1.807) is 0 Å². The van der Waals surface area contributed by atoms with Crippen LogP contribution in [0.2, 0.25) is 0 Å². The summed E-state index contributed by atoms with van der Waals surface area (Å²) in [5, 5.41) is 3.53. The molecule has 2 heterocycles. The highest BCUT2D eigenvalue weighted by Gasteiger charge is 2.19. The van der Waals surface area contributed by atoms with Crippen LogP contribution in [0.4, 0.5) is 11.4 Å². The summed E-state index contributed by atoms with van der Waals surface area (Å²) >= 11 is 0. The van der Waals surface area contributed by atoms with E-state index in [1.165, 1.54) is 16.9 Å². The van der Waals surface area contributed by atoms with Crippen LogP contribution in [0, 0.1) is 0 Å². The lowest BCUT2D eigenvalue weighted by Crippen LogP contribution is -2.52. The molecule has 0 amide bonds. The Balaban J connectivity index is 1.28. The number of piperazine rings is 1. The highest BCUT2D eigenvalue weighted by atomic mass is 15.3. The first-order chi connectivity index (χ1) is 13.8. The number of hydrogen-bond acceptors (Lipinski definition) is 3. The van der Waals surface area contributed by atoms with Gasteiger partial charge in [0.2, 0.25) is 0 Å². The van der Waals surface area contributed by atoms with Gasteiger partial charge < -0.3 is 20.0 Å². The Morgan fingerprint density at radius 3 is 2.11 bits per heavy atom. The van der Waals surface area contributed by atoms with Crippen molar-refractivity contribution >= 4 is 17.3 Å². The maximum Gasteiger partial charge on any atom is 0.194 e. The fourth-order valence-electron chi connectivity index (χ4n) is 3.84. The van der Waals surface area contributed by atoms with E-state index >= 15 is 0 Å². The summed E-state index contributed by atoms with van der Waals surface area (Å²) in [4.78, 5) is 11.7. The summed E-state index contributed by atoms with van der Waals surface area (Å²) in [6.45, 7) is 6.82. The Hall–Kier alpha value is -2.95. The average molecular weight is 376 g/mol. The van der Waals surface area contributed by atoms with E-state index in [9.17, 15) is 0 Å². The zero-order valence-electron chi connectivity index (χ0n) is 16.6. The molecule has 0 saturated carbocycles. The molecule has 28 heavy (non-hydrogen) atoms. The average Bonchev–Trinajstić information content (AvgIpc) is 3.31. The van der Waals surface area contributed by atoms with Crippen LogP contribution in [0.5, 0.6) is 0 Å². The highest BCUT2D eigenvalue weighted by Crippen LogP contribution is 2.18. The second kappa shape index (κ2) is 8.83. The third-order valence-corrected chi connectivity index (χ3v) is 5.48. The van der Waals surface area contributed by atoms with Crippen molar-refractivity contribution in [3.8, 4) is 0 Å². The van der Waals surface area contributed by atoms with Crippen LogP contribution in [-0.4, -0.2) is 57.2 Å². The summed E-state index contributed by atoms with van der Waals surface area (Å²) < 4.78 is 0. The molecule has 0 atom stereocenters. The number of para-hydroxylation sites is 1. The second-order valence-electron chi connectivity index (χ2n) is 7.25. The van der Waals surface area contributed by atoms with Crippen molar-refractivity contribution in [3.05, 3.63) is 72.3 Å². The topological polar surface area (TPSA) is 34.1 Å². The molecule has 1 saturated heterocycles. The Morgan fingerprint density at radius 1 is 0.821 bits per heavy atom. The zero-order valence-corrected chi connectivity index (χ0v) is 16.6. The maximum atomic E-state index is 4.50. The second-order valence-corrected chi connectivity index (χ2v) is 7.25. The van der Waals surface area contributed by atoms with Crippen LogP contribution in [-0.2, 0) is 6.54 Å². The van der Waals surface area contributed by atoms with Gasteiger partial charge in [0.15, 0.2) is 5.96 Å². The molecule has 2 aromatic carbocycles. The van der Waals surface area contributed by atoms with Gasteiger partial charge >= 0.3 is 0 Å². The monoisotopic (exact) mass is 375 g/mol. The first-order valence-electron chi connectivity index (χ1n) is 10.1. The number of nitrogens with zero attached hydrogens (tertiary/aromatic N) is 4. The minimum atomic E-state index is 0.796. The molecule has 2 aliphatic heterocycles. The fraction of sp³-hybridized carbons (Fsp3) is 0.348. The number of hydrogen-bond donors (Lipinski definition) is 1. The van der Waals surface area contributed by atoms with E-state index in [2.05, 4.69) is 91.8 Å². The molecule has 0 aromatic heterocycles. The zero-order chi connectivity index (χ0) is 19.2. The van der Waals surface area contributed by atoms with Gasteiger partial charge in [-0.15, -0.1) is 0 Å². The Kier molecular flexibility index (Phi) is 5.80. The summed E-state index contributed by atoms with van der Waals surface area (Å²) in [5.41, 5.74) is 3.87. The lowest BCUT2D eigenvalue weighted by Gasteiger charge is -2.37. The number of nitrogens with one attached hydrogen (secondary N) is 1. The predicted octanol–water partition coefficient (Wildman–Crippen LogP) is 2.96. The van der Waals surface area contributed by atoms with Gasteiger partial charge in [-0.05, 0) is 29.8 Å². The third kappa shape index (κ3) is 4.30. The SMILES string of the molecule is CN=C(NCc1ccc(N2CC=CC2)cc1)N1CCN(c2ccccc2)CC1. The van der Waals surface area contributed by atoms with Crippen molar-refractivity contribution in [2.75, 3.05) is 56.1 Å². The number of guanidine groups is 1. The number of aliphatic imine (C=N–C) groups is 1. The summed E-state index contributed by atoms with van der Waals surface area (Å²) in [7, 11) is 1.87. The Bertz CT molecular complexity index is 797. The van der Waals surface area contributed by atoms with Gasteiger partial charge in [-0.25, -0.2) is 0 Å². The van der Waals surface area contributed by atoms with Crippen LogP contribution in [0.15, 0.2) is 71.7 Å². The van der Waals surface area contributed by atoms with Gasteiger partial charge in [-0.1, -0.05) is 42.5 Å². The smallest absolute Gasteiger partial charge is 0.194 e. The fourth-order valence-corrected chi connectivity index (χ4v) is 3.84. The van der Waals surface area contributed by atoms with Gasteiger partial charge in [0.25, 0.3) is 0 Å². The van der Waals surface area contributed by atoms with Crippen molar-refractivity contribution in [3.63, 3.8) is 0 Å². The van der Waals surface area contributed by atoms with E-state index in [-0.39, 0.29) is 0 Å². The lowest BCUT2D eigenvalue weighted by molar-refractivity contribution is 0.372. The molecule has 4 rings (SSSR count). The number of benzene rings is 2. The van der Waals surface area contributed by atoms with Gasteiger partial charge in [-0.2, -0.15) is 0 Å². The van der Waals surface area contributed by atoms with E-state index in [0.717, 1.165) is 51.8 Å². The van der Waals surface area contributed by atoms with Crippen LogP contribution in [0.25, 0.3) is 0 Å². The molecule has 0 unspecified atom stereocenters. The molecule has 1 N–H and O–H groups in total. The lowest BCUT2D eigenvalue weighted by atomic mass is 10.2. The number of anilines is 2. The molecule has 2 aromatic rings. The molecule has 0 bridgehead atoms. The Morgan fingerprint density at radius 2 is 1.46 bits per heavy atom. The maximum absolute atomic E-state index is 4.50. The molecule has 0 aliphatic carbocycles. The first kappa shape index (κ1) is 18.4. The Labute approximate surface area is 168 Å². The van der Waals surface area contributed by atoms with Gasteiger partial charge in [-0.3, -0.25) is 4.99 Å². The van der Waals surface area contributed by atoms with Gasteiger partial charge in [0.1, 0.15) is 0 Å². The molecule has 1 fully saturated rings. The molecular weight excluding hydrogens is 346 g/mol. The third-order valence-electron chi connectivity index (χ3n) is 5.48.